The second kappa shape index (κ2) is 10.2. The molecular formula is C38H26IO2+. The standard InChI is InChI=1S/C38H26IO2/c1-5-13-31-27(9-1)21-28-10-2-6-14-32(28)35(31)17-25-19-37(40-23-25)39-38-20-26(24-41-38)18-36-33-15-7-3-11-29(33)22-30-12-4-8-16-34(30)36/h1-16,19-24H,17-18H2/q+1. The van der Waals surface area contributed by atoms with E-state index in [0.717, 1.165) is 20.4 Å². The van der Waals surface area contributed by atoms with Crippen molar-refractivity contribution in [2.45, 2.75) is 12.8 Å². The summed E-state index contributed by atoms with van der Waals surface area (Å²) in [4.78, 5) is 0. The maximum Gasteiger partial charge on any atom is 0.442 e. The molecule has 3 heteroatoms. The van der Waals surface area contributed by atoms with Gasteiger partial charge in [0.25, 0.3) is 0 Å². The van der Waals surface area contributed by atoms with Gasteiger partial charge in [0.2, 0.25) is 0 Å². The van der Waals surface area contributed by atoms with Gasteiger partial charge in [-0.15, -0.1) is 0 Å². The fraction of sp³-hybridized carbons (Fsp3) is 0.0526. The lowest BCUT2D eigenvalue weighted by atomic mass is 9.93. The van der Waals surface area contributed by atoms with E-state index in [-0.39, 0.29) is 0 Å². The molecule has 0 aliphatic heterocycles. The van der Waals surface area contributed by atoms with Gasteiger partial charge in [-0.1, -0.05) is 97.1 Å². The van der Waals surface area contributed by atoms with Crippen molar-refractivity contribution in [3.8, 4) is 0 Å². The maximum absolute atomic E-state index is 6.10. The van der Waals surface area contributed by atoms with E-state index in [1.807, 2.05) is 12.5 Å². The number of hydrogen-bond acceptors (Lipinski definition) is 2. The summed E-state index contributed by atoms with van der Waals surface area (Å²) in [6.45, 7) is 0. The fourth-order valence-corrected chi connectivity index (χ4v) is 8.22. The van der Waals surface area contributed by atoms with Gasteiger partial charge in [0.15, 0.2) is 0 Å². The Balaban J connectivity index is 1.07. The zero-order valence-corrected chi connectivity index (χ0v) is 24.5. The number of rotatable bonds is 6. The number of furan rings is 2. The average molecular weight is 642 g/mol. The Morgan fingerprint density at radius 1 is 0.415 bits per heavy atom. The molecule has 0 unspecified atom stereocenters. The second-order valence-electron chi connectivity index (χ2n) is 10.6. The highest BCUT2D eigenvalue weighted by molar-refractivity contribution is 6.03. The average Bonchev–Trinajstić information content (AvgIpc) is 3.66. The normalized spacial score (nSPS) is 11.7. The van der Waals surface area contributed by atoms with Gasteiger partial charge in [-0.2, -0.15) is 0 Å². The largest absolute Gasteiger partial charge is 0.442 e. The Morgan fingerprint density at radius 2 is 0.756 bits per heavy atom. The van der Waals surface area contributed by atoms with Gasteiger partial charge in [-0.25, -0.2) is 0 Å². The van der Waals surface area contributed by atoms with Gasteiger partial charge < -0.3 is 8.83 Å². The Labute approximate surface area is 248 Å². The topological polar surface area (TPSA) is 26.3 Å². The van der Waals surface area contributed by atoms with Crippen LogP contribution in [0, 0.1) is 7.53 Å². The molecule has 6 aromatic carbocycles. The van der Waals surface area contributed by atoms with Crippen LogP contribution in [0.2, 0.25) is 0 Å². The molecule has 0 aliphatic carbocycles. The van der Waals surface area contributed by atoms with E-state index in [2.05, 4.69) is 121 Å². The fourth-order valence-electron chi connectivity index (χ4n) is 6.07. The third kappa shape index (κ3) is 4.60. The molecule has 2 heterocycles. The molecule has 0 amide bonds. The minimum atomic E-state index is -0.557. The summed E-state index contributed by atoms with van der Waals surface area (Å²) in [5.41, 5.74) is 5.11. The van der Waals surface area contributed by atoms with Gasteiger partial charge in [-0.05, 0) is 77.5 Å². The smallest absolute Gasteiger partial charge is 0.426 e. The molecule has 0 atom stereocenters. The quantitative estimate of drug-likeness (QED) is 0.148. The molecule has 8 aromatic rings. The summed E-state index contributed by atoms with van der Waals surface area (Å²) in [6.07, 6.45) is 5.54. The molecule has 0 N–H and O–H groups in total. The van der Waals surface area contributed by atoms with Crippen molar-refractivity contribution >= 4 is 43.1 Å². The molecule has 0 spiro atoms. The van der Waals surface area contributed by atoms with Crippen LogP contribution in [0.4, 0.5) is 0 Å². The van der Waals surface area contributed by atoms with Crippen LogP contribution < -0.4 is 21.2 Å². The monoisotopic (exact) mass is 641 g/mol. The predicted octanol–water partition coefficient (Wildman–Crippen LogP) is 6.80. The van der Waals surface area contributed by atoms with Crippen molar-refractivity contribution in [2.75, 3.05) is 0 Å². The van der Waals surface area contributed by atoms with E-state index >= 15 is 0 Å². The van der Waals surface area contributed by atoms with Gasteiger partial charge in [0.1, 0.15) is 0 Å². The molecule has 0 aliphatic rings. The molecule has 2 nitrogen and oxygen atoms in total. The van der Waals surface area contributed by atoms with Crippen LogP contribution in [-0.4, -0.2) is 0 Å². The van der Waals surface area contributed by atoms with Crippen LogP contribution in [0.25, 0.3) is 43.1 Å². The van der Waals surface area contributed by atoms with Crippen LogP contribution in [0.3, 0.4) is 0 Å². The van der Waals surface area contributed by atoms with E-state index < -0.39 is 21.2 Å². The van der Waals surface area contributed by atoms with Crippen molar-refractivity contribution in [2.24, 2.45) is 0 Å². The molecule has 0 saturated carbocycles. The van der Waals surface area contributed by atoms with Gasteiger partial charge in [0, 0.05) is 25.0 Å². The lowest BCUT2D eigenvalue weighted by Gasteiger charge is -2.10. The Morgan fingerprint density at radius 3 is 1.12 bits per heavy atom. The Kier molecular flexibility index (Phi) is 6.11. The summed E-state index contributed by atoms with van der Waals surface area (Å²) >= 11 is -0.557. The third-order valence-corrected chi connectivity index (χ3v) is 10.2. The van der Waals surface area contributed by atoms with Crippen LogP contribution in [-0.2, 0) is 12.8 Å². The highest BCUT2D eigenvalue weighted by Crippen LogP contribution is 2.31. The summed E-state index contributed by atoms with van der Waals surface area (Å²) in [6, 6.07) is 43.7. The van der Waals surface area contributed by atoms with Gasteiger partial charge >= 0.3 is 28.7 Å². The summed E-state index contributed by atoms with van der Waals surface area (Å²) < 4.78 is 14.2. The molecule has 0 fully saturated rings. The minimum absolute atomic E-state index is 0.557. The van der Waals surface area contributed by atoms with Crippen molar-refractivity contribution in [3.63, 3.8) is 0 Å². The third-order valence-electron chi connectivity index (χ3n) is 7.96. The molecule has 8 rings (SSSR count). The minimum Gasteiger partial charge on any atom is -0.426 e. The highest BCUT2D eigenvalue weighted by Gasteiger charge is 2.25. The number of halogens is 1. The Bertz CT molecular complexity index is 1930. The van der Waals surface area contributed by atoms with Crippen molar-refractivity contribution in [3.05, 3.63) is 164 Å². The lowest BCUT2D eigenvalue weighted by Crippen LogP contribution is -3.61. The zero-order chi connectivity index (χ0) is 27.2. The van der Waals surface area contributed by atoms with Crippen molar-refractivity contribution in [1.82, 2.24) is 0 Å². The number of benzene rings is 6. The predicted molar refractivity (Wildman–Crippen MR) is 163 cm³/mol. The van der Waals surface area contributed by atoms with E-state index in [1.54, 1.807) is 0 Å². The van der Waals surface area contributed by atoms with Crippen LogP contribution in [0.15, 0.2) is 143 Å². The first-order valence-electron chi connectivity index (χ1n) is 13.9. The first kappa shape index (κ1) is 24.4. The number of hydrogen-bond donors (Lipinski definition) is 0. The summed E-state index contributed by atoms with van der Waals surface area (Å²) in [5, 5.41) is 10.3. The zero-order valence-electron chi connectivity index (χ0n) is 22.3. The first-order chi connectivity index (χ1) is 20.3. The van der Waals surface area contributed by atoms with E-state index in [4.69, 9.17) is 8.83 Å². The SMILES string of the molecule is c1ccc2c(Cc3coc([I+]c4cc(Cc5c6ccccc6cc6ccccc56)co4)c3)c3ccccc3cc2c1. The summed E-state index contributed by atoms with van der Waals surface area (Å²) in [7, 11) is 0. The van der Waals surface area contributed by atoms with E-state index in [9.17, 15) is 0 Å². The molecule has 41 heavy (non-hydrogen) atoms. The van der Waals surface area contributed by atoms with E-state index in [1.165, 1.54) is 65.3 Å². The molecular weight excluding hydrogens is 615 g/mol. The highest BCUT2D eigenvalue weighted by atomic mass is 127. The van der Waals surface area contributed by atoms with E-state index in [0.29, 0.717) is 0 Å². The molecule has 0 radical (unpaired) electrons. The maximum atomic E-state index is 6.10. The molecule has 0 saturated heterocycles. The summed E-state index contributed by atoms with van der Waals surface area (Å²) in [5.74, 6) is 0. The number of fused-ring (bicyclic) bond motifs is 4. The first-order valence-corrected chi connectivity index (χ1v) is 16.0. The molecule has 2 aromatic heterocycles. The van der Waals surface area contributed by atoms with Gasteiger partial charge in [0.05, 0.1) is 12.5 Å². The second-order valence-corrected chi connectivity index (χ2v) is 13.2. The van der Waals surface area contributed by atoms with Crippen LogP contribution >= 0.6 is 0 Å². The molecule has 196 valence electrons. The van der Waals surface area contributed by atoms with Crippen LogP contribution in [0.5, 0.6) is 0 Å². The van der Waals surface area contributed by atoms with Crippen LogP contribution in [0.1, 0.15) is 22.3 Å². The molecule has 0 bridgehead atoms. The lowest BCUT2D eigenvalue weighted by molar-refractivity contribution is -0.636. The van der Waals surface area contributed by atoms with Crippen molar-refractivity contribution in [1.29, 1.82) is 0 Å². The van der Waals surface area contributed by atoms with Gasteiger partial charge in [-0.3, -0.25) is 0 Å². The van der Waals surface area contributed by atoms with Crippen molar-refractivity contribution < 1.29 is 30.0 Å². The Hall–Kier alpha value is -4.35.